The Bertz CT molecular complexity index is 2050. The summed E-state index contributed by atoms with van der Waals surface area (Å²) in [5.74, 6) is -1.09. The number of aryl methyl sites for hydroxylation is 2. The van der Waals surface area contributed by atoms with Crippen LogP contribution in [-0.4, -0.2) is 50.8 Å². The van der Waals surface area contributed by atoms with Gasteiger partial charge in [-0.25, -0.2) is 29.3 Å². The third-order valence-electron chi connectivity index (χ3n) is 7.35. The Morgan fingerprint density at radius 3 is 1.88 bits per heavy atom. The van der Waals surface area contributed by atoms with E-state index in [0.29, 0.717) is 22.6 Å². The molecule has 246 valence electrons. The van der Waals surface area contributed by atoms with E-state index in [2.05, 4.69) is 35.6 Å². The summed E-state index contributed by atoms with van der Waals surface area (Å²) in [7, 11) is 3.74. The molecule has 2 amide bonds. The quantitative estimate of drug-likeness (QED) is 0.176. The van der Waals surface area contributed by atoms with E-state index in [-0.39, 0.29) is 17.5 Å². The van der Waals surface area contributed by atoms with Gasteiger partial charge < -0.3 is 20.4 Å². The fourth-order valence-electron chi connectivity index (χ4n) is 4.68. The van der Waals surface area contributed by atoms with Gasteiger partial charge in [0.1, 0.15) is 24.2 Å². The van der Waals surface area contributed by atoms with E-state index in [1.54, 1.807) is 61.2 Å². The summed E-state index contributed by atoms with van der Waals surface area (Å²) in [5.41, 5.74) is 6.70. The van der Waals surface area contributed by atoms with Crippen LogP contribution in [0, 0.1) is 19.7 Å². The van der Waals surface area contributed by atoms with E-state index in [4.69, 9.17) is 0 Å². The van der Waals surface area contributed by atoms with Crippen LogP contribution in [0.5, 0.6) is 0 Å². The fourth-order valence-corrected chi connectivity index (χ4v) is 4.68. The predicted octanol–water partition coefficient (Wildman–Crippen LogP) is 7.14. The molecule has 6 aromatic rings. The molecular weight excluding hydrogens is 621 g/mol. The fraction of sp³-hybridized carbons (Fsp3) is 0.108. The van der Waals surface area contributed by atoms with Crippen LogP contribution in [0.25, 0.3) is 0 Å². The lowest BCUT2D eigenvalue weighted by atomic mass is 10.1. The number of nitrogens with zero attached hydrogens (tertiary/aromatic N) is 7. The monoisotopic (exact) mass is 655 g/mol. The van der Waals surface area contributed by atoms with E-state index in [1.807, 2.05) is 80.2 Å². The Morgan fingerprint density at radius 1 is 0.633 bits per heavy atom. The molecule has 3 aromatic heterocycles. The Morgan fingerprint density at radius 2 is 1.24 bits per heavy atom. The second kappa shape index (κ2) is 15.8. The zero-order chi connectivity index (χ0) is 34.8. The average molecular weight is 656 g/mol. The minimum Gasteiger partial charge on any atom is -0.342 e. The maximum absolute atomic E-state index is 14.1. The third kappa shape index (κ3) is 9.04. The molecule has 6 rings (SSSR count). The molecule has 2 N–H and O–H groups in total. The van der Waals surface area contributed by atoms with Gasteiger partial charge in [-0.3, -0.25) is 9.59 Å². The number of rotatable bonds is 8. The van der Waals surface area contributed by atoms with Crippen LogP contribution in [0.1, 0.15) is 32.1 Å². The van der Waals surface area contributed by atoms with Crippen molar-refractivity contribution in [1.29, 1.82) is 0 Å². The third-order valence-corrected chi connectivity index (χ3v) is 7.35. The van der Waals surface area contributed by atoms with Crippen LogP contribution in [0.3, 0.4) is 0 Å². The van der Waals surface area contributed by atoms with Crippen molar-refractivity contribution in [2.24, 2.45) is 0 Å². The molecule has 0 unspecified atom stereocenters. The number of nitrogens with one attached hydrogen (secondary N) is 2. The number of hydrogen-bond acceptors (Lipinski definition) is 9. The zero-order valence-corrected chi connectivity index (χ0v) is 27.4. The Hall–Kier alpha value is -6.56. The lowest BCUT2D eigenvalue weighted by Gasteiger charge is -2.19. The predicted molar refractivity (Wildman–Crippen MR) is 189 cm³/mol. The highest BCUT2D eigenvalue weighted by Gasteiger charge is 2.13. The maximum atomic E-state index is 14.1. The maximum Gasteiger partial charge on any atom is 0.274 e. The summed E-state index contributed by atoms with van der Waals surface area (Å²) in [6.07, 6.45) is 9.70. The van der Waals surface area contributed by atoms with Crippen LogP contribution in [0.2, 0.25) is 0 Å². The van der Waals surface area contributed by atoms with Gasteiger partial charge in [0.2, 0.25) is 0 Å². The Kier molecular flexibility index (Phi) is 10.9. The number of benzene rings is 3. The summed E-state index contributed by atoms with van der Waals surface area (Å²) in [6, 6.07) is 24.6. The molecule has 12 heteroatoms. The minimum absolute atomic E-state index is 0.118. The molecule has 11 nitrogen and oxygen atoms in total. The SMILES string of the molecule is Cc1cccc(C(=O)Nc2cc(N(C)c3cncnc3)ccc2F)c1.Cc1cccc(C(=O)Nc2cccc(N(C)c3cncnc3)c2)n1. The molecule has 0 aliphatic carbocycles. The summed E-state index contributed by atoms with van der Waals surface area (Å²) in [4.78, 5) is 48.6. The molecule has 3 heterocycles. The second-order valence-corrected chi connectivity index (χ2v) is 11.0. The zero-order valence-electron chi connectivity index (χ0n) is 27.4. The topological polar surface area (TPSA) is 129 Å². The first kappa shape index (κ1) is 33.8. The first-order valence-electron chi connectivity index (χ1n) is 15.2. The van der Waals surface area contributed by atoms with Crippen molar-refractivity contribution in [3.8, 4) is 0 Å². The molecule has 0 atom stereocenters. The van der Waals surface area contributed by atoms with E-state index in [1.165, 1.54) is 18.7 Å². The summed E-state index contributed by atoms with van der Waals surface area (Å²) in [6.45, 7) is 3.75. The van der Waals surface area contributed by atoms with Crippen LogP contribution in [-0.2, 0) is 0 Å². The van der Waals surface area contributed by atoms with Crippen molar-refractivity contribution in [2.75, 3.05) is 34.5 Å². The normalized spacial score (nSPS) is 10.3. The van der Waals surface area contributed by atoms with E-state index < -0.39 is 5.82 Å². The molecule has 0 radical (unpaired) electrons. The van der Waals surface area contributed by atoms with Crippen molar-refractivity contribution < 1.29 is 14.0 Å². The molecule has 3 aromatic carbocycles. The summed E-state index contributed by atoms with van der Waals surface area (Å²) >= 11 is 0. The van der Waals surface area contributed by atoms with E-state index in [0.717, 1.165) is 28.3 Å². The molecule has 0 fully saturated rings. The van der Waals surface area contributed by atoms with E-state index in [9.17, 15) is 14.0 Å². The van der Waals surface area contributed by atoms with Gasteiger partial charge in [-0.2, -0.15) is 0 Å². The number of aromatic nitrogens is 5. The van der Waals surface area contributed by atoms with Gasteiger partial charge in [-0.05, 0) is 74.5 Å². The number of carbonyl (C=O) groups is 2. The molecule has 49 heavy (non-hydrogen) atoms. The molecule has 0 aliphatic heterocycles. The van der Waals surface area contributed by atoms with Crippen molar-refractivity contribution in [1.82, 2.24) is 24.9 Å². The lowest BCUT2D eigenvalue weighted by Crippen LogP contribution is -2.15. The van der Waals surface area contributed by atoms with Gasteiger partial charge in [-0.15, -0.1) is 0 Å². The smallest absolute Gasteiger partial charge is 0.274 e. The van der Waals surface area contributed by atoms with Gasteiger partial charge in [0.15, 0.2) is 0 Å². The Balaban J connectivity index is 0.000000191. The number of carbonyl (C=O) groups excluding carboxylic acids is 2. The average Bonchev–Trinajstić information content (AvgIpc) is 3.13. The summed E-state index contributed by atoms with van der Waals surface area (Å²) in [5, 5.41) is 5.50. The molecule has 0 saturated heterocycles. The van der Waals surface area contributed by atoms with Crippen LogP contribution in [0.4, 0.5) is 38.5 Å². The highest BCUT2D eigenvalue weighted by atomic mass is 19.1. The minimum atomic E-state index is -0.498. The second-order valence-electron chi connectivity index (χ2n) is 11.0. The van der Waals surface area contributed by atoms with Gasteiger partial charge in [0.25, 0.3) is 11.8 Å². The first-order chi connectivity index (χ1) is 23.7. The van der Waals surface area contributed by atoms with Gasteiger partial charge in [-0.1, -0.05) is 29.8 Å². The number of anilines is 6. The number of pyridine rings is 1. The number of amides is 2. The summed E-state index contributed by atoms with van der Waals surface area (Å²) < 4.78 is 14.1. The van der Waals surface area contributed by atoms with Gasteiger partial charge in [0, 0.05) is 42.4 Å². The first-order valence-corrected chi connectivity index (χ1v) is 15.2. The van der Waals surface area contributed by atoms with Crippen LogP contribution in [0.15, 0.2) is 122 Å². The molecule has 0 bridgehead atoms. The van der Waals surface area contributed by atoms with E-state index >= 15 is 0 Å². The molecule has 0 saturated carbocycles. The molecule has 0 aliphatic rings. The van der Waals surface area contributed by atoms with Crippen LogP contribution >= 0.6 is 0 Å². The number of hydrogen-bond donors (Lipinski definition) is 2. The molecule has 0 spiro atoms. The van der Waals surface area contributed by atoms with Crippen molar-refractivity contribution >= 4 is 45.9 Å². The van der Waals surface area contributed by atoms with Crippen molar-refractivity contribution in [3.63, 3.8) is 0 Å². The van der Waals surface area contributed by atoms with Gasteiger partial charge in [0.05, 0.1) is 41.8 Å². The number of halogens is 1. The van der Waals surface area contributed by atoms with Gasteiger partial charge >= 0.3 is 0 Å². The molecular formula is C37H34FN9O2. The Labute approximate surface area is 283 Å². The largest absolute Gasteiger partial charge is 0.342 e. The lowest BCUT2D eigenvalue weighted by molar-refractivity contribution is 0.101. The van der Waals surface area contributed by atoms with Crippen molar-refractivity contribution in [3.05, 3.63) is 151 Å². The van der Waals surface area contributed by atoms with Crippen molar-refractivity contribution in [2.45, 2.75) is 13.8 Å². The highest BCUT2D eigenvalue weighted by molar-refractivity contribution is 6.05. The van der Waals surface area contributed by atoms with Crippen LogP contribution < -0.4 is 20.4 Å². The standard InChI is InChI=1S/C19H17FN4O.C18H17N5O/c1-13-4-3-5-14(8-13)19(25)23-18-9-15(6-7-17(18)20)24(2)16-10-21-12-22-11-16;1-13-5-3-8-17(21-13)18(24)22-14-6-4-7-15(9-14)23(2)16-10-19-12-20-11-16/h3-12H,1-2H3,(H,23,25);3-12H,1-2H3,(H,22,24). The highest BCUT2D eigenvalue weighted by Crippen LogP contribution is 2.28.